The standard InChI is InChI=1S/C27H33P/c1-22(25-13-7-4-8-14-25)19-28(20-23(2)26-15-9-5-10-16-26)21-24(3)27-17-11-6-12-18-27/h4-18,22-24H,19-21H2,1-3H3. The lowest BCUT2D eigenvalue weighted by Crippen LogP contribution is -2.10. The molecule has 0 radical (unpaired) electrons. The topological polar surface area (TPSA) is 0 Å². The maximum absolute atomic E-state index is 2.41. The molecule has 0 N–H and O–H groups in total. The molecule has 146 valence electrons. The van der Waals surface area contributed by atoms with Crippen LogP contribution in [0.3, 0.4) is 0 Å². The van der Waals surface area contributed by atoms with Gasteiger partial charge in [-0.25, -0.2) is 0 Å². The van der Waals surface area contributed by atoms with Crippen LogP contribution in [0.5, 0.6) is 0 Å². The Morgan fingerprint density at radius 2 is 0.714 bits per heavy atom. The van der Waals surface area contributed by atoms with Crippen molar-refractivity contribution >= 4 is 7.92 Å². The molecule has 0 saturated heterocycles. The molecule has 0 fully saturated rings. The summed E-state index contributed by atoms with van der Waals surface area (Å²) in [6.07, 6.45) is 3.94. The SMILES string of the molecule is CC(CP(CC(C)c1ccccc1)CC(C)c1ccccc1)c1ccccc1. The van der Waals surface area contributed by atoms with Crippen molar-refractivity contribution < 1.29 is 0 Å². The first kappa shape index (κ1) is 20.8. The van der Waals surface area contributed by atoms with Crippen molar-refractivity contribution in [2.45, 2.75) is 38.5 Å². The fourth-order valence-electron chi connectivity index (χ4n) is 4.05. The molecule has 3 unspecified atom stereocenters. The molecule has 3 aromatic carbocycles. The summed E-state index contributed by atoms with van der Waals surface area (Å²) in [4.78, 5) is 0. The van der Waals surface area contributed by atoms with Gasteiger partial charge in [0.15, 0.2) is 0 Å². The minimum atomic E-state index is -0.0497. The second-order valence-corrected chi connectivity index (χ2v) is 10.6. The molecule has 0 aliphatic rings. The van der Waals surface area contributed by atoms with Crippen molar-refractivity contribution in [2.24, 2.45) is 0 Å². The quantitative estimate of drug-likeness (QED) is 0.327. The van der Waals surface area contributed by atoms with Crippen LogP contribution in [-0.4, -0.2) is 18.5 Å². The van der Waals surface area contributed by atoms with Crippen molar-refractivity contribution in [1.82, 2.24) is 0 Å². The predicted octanol–water partition coefficient (Wildman–Crippen LogP) is 7.88. The van der Waals surface area contributed by atoms with E-state index < -0.39 is 0 Å². The molecule has 3 rings (SSSR count). The molecule has 1 heteroatoms. The van der Waals surface area contributed by atoms with Gasteiger partial charge in [-0.2, -0.15) is 0 Å². The van der Waals surface area contributed by atoms with Crippen molar-refractivity contribution in [3.8, 4) is 0 Å². The summed E-state index contributed by atoms with van der Waals surface area (Å²) in [5, 5.41) is 0. The number of rotatable bonds is 9. The minimum Gasteiger partial charge on any atom is -0.105 e. The molecule has 3 aromatic rings. The van der Waals surface area contributed by atoms with Gasteiger partial charge in [0.1, 0.15) is 0 Å². The van der Waals surface area contributed by atoms with Crippen LogP contribution in [0.15, 0.2) is 91.0 Å². The third-order valence-electron chi connectivity index (χ3n) is 5.70. The van der Waals surface area contributed by atoms with Crippen molar-refractivity contribution in [2.75, 3.05) is 18.5 Å². The highest BCUT2D eigenvalue weighted by Gasteiger charge is 2.20. The van der Waals surface area contributed by atoms with E-state index in [1.807, 2.05) is 0 Å². The van der Waals surface area contributed by atoms with Gasteiger partial charge < -0.3 is 0 Å². The summed E-state index contributed by atoms with van der Waals surface area (Å²) < 4.78 is 0. The lowest BCUT2D eigenvalue weighted by Gasteiger charge is -2.28. The third-order valence-corrected chi connectivity index (χ3v) is 8.89. The Labute approximate surface area is 172 Å². The van der Waals surface area contributed by atoms with Crippen LogP contribution >= 0.6 is 7.92 Å². The van der Waals surface area contributed by atoms with E-state index in [9.17, 15) is 0 Å². The second-order valence-electron chi connectivity index (χ2n) is 8.15. The van der Waals surface area contributed by atoms with Gasteiger partial charge in [0, 0.05) is 0 Å². The first-order valence-electron chi connectivity index (χ1n) is 10.5. The van der Waals surface area contributed by atoms with Crippen LogP contribution in [0.2, 0.25) is 0 Å². The van der Waals surface area contributed by atoms with Crippen molar-refractivity contribution in [3.63, 3.8) is 0 Å². The van der Waals surface area contributed by atoms with Gasteiger partial charge in [0.05, 0.1) is 0 Å². The Bertz CT molecular complexity index is 685. The zero-order valence-corrected chi connectivity index (χ0v) is 18.4. The minimum absolute atomic E-state index is 0.0497. The summed E-state index contributed by atoms with van der Waals surface area (Å²) in [6.45, 7) is 7.22. The molecule has 0 aromatic heterocycles. The normalized spacial score (nSPS) is 15.5. The maximum Gasteiger partial charge on any atom is -0.0151 e. The molecule has 0 heterocycles. The van der Waals surface area contributed by atoms with E-state index in [0.29, 0.717) is 17.8 Å². The predicted molar refractivity (Wildman–Crippen MR) is 126 cm³/mol. The molecule has 0 aliphatic carbocycles. The van der Waals surface area contributed by atoms with E-state index in [1.165, 1.54) is 35.2 Å². The van der Waals surface area contributed by atoms with Crippen molar-refractivity contribution in [3.05, 3.63) is 108 Å². The highest BCUT2D eigenvalue weighted by atomic mass is 31.1. The van der Waals surface area contributed by atoms with E-state index in [1.54, 1.807) is 0 Å². The largest absolute Gasteiger partial charge is 0.105 e. The molecular formula is C27H33P. The maximum atomic E-state index is 2.41. The fourth-order valence-corrected chi connectivity index (χ4v) is 7.45. The average Bonchev–Trinajstić information content (AvgIpc) is 2.75. The van der Waals surface area contributed by atoms with Crippen LogP contribution in [0, 0.1) is 0 Å². The van der Waals surface area contributed by atoms with Gasteiger partial charge in [-0.15, -0.1) is 7.92 Å². The summed E-state index contributed by atoms with van der Waals surface area (Å²) in [5.41, 5.74) is 4.44. The number of hydrogen-bond donors (Lipinski definition) is 0. The van der Waals surface area contributed by atoms with Crippen LogP contribution in [0.25, 0.3) is 0 Å². The Morgan fingerprint density at radius 3 is 0.964 bits per heavy atom. The smallest absolute Gasteiger partial charge is 0.0151 e. The highest BCUT2D eigenvalue weighted by Crippen LogP contribution is 2.47. The van der Waals surface area contributed by atoms with E-state index in [2.05, 4.69) is 112 Å². The lowest BCUT2D eigenvalue weighted by atomic mass is 10.0. The summed E-state index contributed by atoms with van der Waals surface area (Å²) in [7, 11) is -0.0497. The molecule has 0 amide bonds. The lowest BCUT2D eigenvalue weighted by molar-refractivity contribution is 0.818. The number of hydrogen-bond acceptors (Lipinski definition) is 0. The zero-order chi connectivity index (χ0) is 19.8. The van der Waals surface area contributed by atoms with Crippen LogP contribution in [-0.2, 0) is 0 Å². The fraction of sp³-hybridized carbons (Fsp3) is 0.333. The molecular weight excluding hydrogens is 355 g/mol. The average molecular weight is 389 g/mol. The monoisotopic (exact) mass is 388 g/mol. The van der Waals surface area contributed by atoms with Gasteiger partial charge in [0.2, 0.25) is 0 Å². The van der Waals surface area contributed by atoms with Gasteiger partial charge >= 0.3 is 0 Å². The Morgan fingerprint density at radius 1 is 0.464 bits per heavy atom. The van der Waals surface area contributed by atoms with E-state index in [0.717, 1.165) is 0 Å². The summed E-state index contributed by atoms with van der Waals surface area (Å²) >= 11 is 0. The summed E-state index contributed by atoms with van der Waals surface area (Å²) in [6, 6.07) is 33.1. The van der Waals surface area contributed by atoms with Crippen LogP contribution < -0.4 is 0 Å². The first-order valence-corrected chi connectivity index (χ1v) is 12.4. The summed E-state index contributed by atoms with van der Waals surface area (Å²) in [5.74, 6) is 1.87. The Hall–Kier alpha value is -1.91. The third kappa shape index (κ3) is 6.05. The van der Waals surface area contributed by atoms with Gasteiger partial charge in [-0.3, -0.25) is 0 Å². The van der Waals surface area contributed by atoms with Gasteiger partial charge in [0.25, 0.3) is 0 Å². The Balaban J connectivity index is 1.73. The highest BCUT2D eigenvalue weighted by molar-refractivity contribution is 7.57. The van der Waals surface area contributed by atoms with Gasteiger partial charge in [-0.1, -0.05) is 112 Å². The van der Waals surface area contributed by atoms with Gasteiger partial charge in [-0.05, 0) is 52.9 Å². The Kier molecular flexibility index (Phi) is 7.87. The van der Waals surface area contributed by atoms with Crippen molar-refractivity contribution in [1.29, 1.82) is 0 Å². The number of benzene rings is 3. The zero-order valence-electron chi connectivity index (χ0n) is 17.5. The molecule has 0 spiro atoms. The van der Waals surface area contributed by atoms with E-state index in [-0.39, 0.29) is 7.92 Å². The molecule has 28 heavy (non-hydrogen) atoms. The molecule has 3 atom stereocenters. The van der Waals surface area contributed by atoms with E-state index in [4.69, 9.17) is 0 Å². The first-order chi connectivity index (χ1) is 13.6. The molecule has 0 aliphatic heterocycles. The molecule has 0 saturated carbocycles. The molecule has 0 bridgehead atoms. The molecule has 0 nitrogen and oxygen atoms in total. The van der Waals surface area contributed by atoms with Crippen LogP contribution in [0.4, 0.5) is 0 Å². The van der Waals surface area contributed by atoms with E-state index >= 15 is 0 Å². The van der Waals surface area contributed by atoms with Crippen LogP contribution in [0.1, 0.15) is 55.2 Å². The second kappa shape index (κ2) is 10.6.